The number of aromatic nitrogens is 2. The van der Waals surface area contributed by atoms with Crippen LogP contribution in [0.2, 0.25) is 0 Å². The van der Waals surface area contributed by atoms with Crippen LogP contribution in [-0.2, 0) is 24.2 Å². The van der Waals surface area contributed by atoms with E-state index in [2.05, 4.69) is 26.2 Å². The van der Waals surface area contributed by atoms with Crippen LogP contribution in [-0.4, -0.2) is 15.5 Å². The monoisotopic (exact) mass is 445 g/mol. The van der Waals surface area contributed by atoms with Crippen molar-refractivity contribution < 1.29 is 4.79 Å². The van der Waals surface area contributed by atoms with Gasteiger partial charge in [-0.25, -0.2) is 4.98 Å². The van der Waals surface area contributed by atoms with Crippen molar-refractivity contribution in [3.05, 3.63) is 55.4 Å². The normalized spacial score (nSPS) is 14.0. The lowest BCUT2D eigenvalue weighted by Crippen LogP contribution is -2.28. The second kappa shape index (κ2) is 7.56. The molecule has 7 heteroatoms. The molecule has 1 amide bonds. The molecule has 2 aromatic heterocycles. The van der Waals surface area contributed by atoms with E-state index >= 15 is 0 Å². The Morgan fingerprint density at radius 3 is 2.93 bits per heavy atom. The van der Waals surface area contributed by atoms with E-state index in [1.54, 1.807) is 11.3 Å². The highest BCUT2D eigenvalue weighted by molar-refractivity contribution is 9.10. The molecule has 0 bridgehead atoms. The van der Waals surface area contributed by atoms with Crippen LogP contribution in [0.5, 0.6) is 0 Å². The number of benzene rings is 1. The predicted molar refractivity (Wildman–Crippen MR) is 113 cm³/mol. The minimum Gasteiger partial charge on any atom is -0.324 e. The van der Waals surface area contributed by atoms with Crippen LogP contribution in [0, 0.1) is 6.92 Å². The van der Waals surface area contributed by atoms with Crippen molar-refractivity contribution >= 4 is 49.1 Å². The number of hydrogen-bond acceptors (Lipinski definition) is 4. The van der Waals surface area contributed by atoms with E-state index in [4.69, 9.17) is 0 Å². The quantitative estimate of drug-likeness (QED) is 0.606. The van der Waals surface area contributed by atoms with Crippen LogP contribution >= 0.6 is 27.3 Å². The van der Waals surface area contributed by atoms with Crippen LogP contribution in [0.1, 0.15) is 35.3 Å². The maximum absolute atomic E-state index is 13.0. The van der Waals surface area contributed by atoms with Crippen LogP contribution in [0.3, 0.4) is 0 Å². The summed E-state index contributed by atoms with van der Waals surface area (Å²) in [6.45, 7) is 1.94. The molecule has 1 aliphatic rings. The van der Waals surface area contributed by atoms with Crippen molar-refractivity contribution in [1.82, 2.24) is 9.55 Å². The molecule has 4 rings (SSSR count). The number of halogens is 1. The molecule has 0 spiro atoms. The first-order chi connectivity index (χ1) is 13.0. The fraction of sp³-hybridized carbons (Fsp3) is 0.350. The van der Waals surface area contributed by atoms with Gasteiger partial charge in [-0.05, 0) is 71.8 Å². The van der Waals surface area contributed by atoms with E-state index < -0.39 is 0 Å². The number of carbonyl (C=O) groups excluding carboxylic acids is 1. The van der Waals surface area contributed by atoms with E-state index in [0.29, 0.717) is 11.1 Å². The minimum atomic E-state index is -0.246. The van der Waals surface area contributed by atoms with Crippen LogP contribution < -0.4 is 10.9 Å². The maximum Gasteiger partial charge on any atom is 0.262 e. The molecule has 2 heterocycles. The lowest BCUT2D eigenvalue weighted by Gasteiger charge is -2.09. The minimum absolute atomic E-state index is 0.0489. The van der Waals surface area contributed by atoms with Crippen molar-refractivity contribution in [2.24, 2.45) is 0 Å². The van der Waals surface area contributed by atoms with Crippen molar-refractivity contribution in [3.8, 4) is 0 Å². The predicted octanol–water partition coefficient (Wildman–Crippen LogP) is 4.44. The van der Waals surface area contributed by atoms with Gasteiger partial charge in [0.15, 0.2) is 0 Å². The summed E-state index contributed by atoms with van der Waals surface area (Å²) in [5.41, 5.74) is 2.83. The number of fused-ring (bicyclic) bond motifs is 3. The van der Waals surface area contributed by atoms with Crippen LogP contribution in [0.25, 0.3) is 10.2 Å². The Kier molecular flexibility index (Phi) is 5.14. The lowest BCUT2D eigenvalue weighted by atomic mass is 10.1. The Balaban J connectivity index is 1.62. The Morgan fingerprint density at radius 2 is 2.11 bits per heavy atom. The van der Waals surface area contributed by atoms with Gasteiger partial charge in [-0.15, -0.1) is 11.3 Å². The second-order valence-electron chi connectivity index (χ2n) is 6.95. The molecule has 5 nitrogen and oxygen atoms in total. The first-order valence-electron chi connectivity index (χ1n) is 9.08. The number of carbonyl (C=O) groups is 1. The Bertz CT molecular complexity index is 1090. The molecule has 0 unspecified atom stereocenters. The first-order valence-corrected chi connectivity index (χ1v) is 10.7. The van der Waals surface area contributed by atoms with Gasteiger partial charge in [0, 0.05) is 9.35 Å². The molecular formula is C20H20BrN3O2S. The number of anilines is 1. The van der Waals surface area contributed by atoms with E-state index in [1.165, 1.54) is 28.6 Å². The number of rotatable bonds is 3. The van der Waals surface area contributed by atoms with Gasteiger partial charge in [0.1, 0.15) is 11.4 Å². The zero-order valence-electron chi connectivity index (χ0n) is 15.0. The highest BCUT2D eigenvalue weighted by atomic mass is 79.9. The maximum atomic E-state index is 13.0. The summed E-state index contributed by atoms with van der Waals surface area (Å²) in [7, 11) is 0. The standard InChI is InChI=1S/C20H20BrN3O2S/c1-12-7-8-15(14(21)9-12)23-17(25)10-24-11-22-19-18(20(24)26)13-5-3-2-4-6-16(13)27-19/h7-9,11H,2-6,10H2,1H3,(H,23,25). The van der Waals surface area contributed by atoms with Gasteiger partial charge in [-0.3, -0.25) is 14.2 Å². The fourth-order valence-electron chi connectivity index (χ4n) is 3.54. The Hall–Kier alpha value is -1.99. The topological polar surface area (TPSA) is 64.0 Å². The first kappa shape index (κ1) is 18.4. The van der Waals surface area contributed by atoms with Crippen molar-refractivity contribution in [2.75, 3.05) is 5.32 Å². The Morgan fingerprint density at radius 1 is 1.30 bits per heavy atom. The van der Waals surface area contributed by atoms with E-state index in [1.807, 2.05) is 25.1 Å². The van der Waals surface area contributed by atoms with Crippen LogP contribution in [0.4, 0.5) is 5.69 Å². The SMILES string of the molecule is Cc1ccc(NC(=O)Cn2cnc3sc4c(c3c2=O)CCCCC4)c(Br)c1. The van der Waals surface area contributed by atoms with E-state index in [0.717, 1.165) is 39.7 Å². The zero-order valence-corrected chi connectivity index (χ0v) is 17.5. The van der Waals surface area contributed by atoms with Crippen molar-refractivity contribution in [1.29, 1.82) is 0 Å². The highest BCUT2D eigenvalue weighted by Crippen LogP contribution is 2.32. The van der Waals surface area contributed by atoms with Gasteiger partial charge in [0.25, 0.3) is 5.56 Å². The number of nitrogens with zero attached hydrogens (tertiary/aromatic N) is 2. The van der Waals surface area contributed by atoms with Gasteiger partial charge >= 0.3 is 0 Å². The fourth-order valence-corrected chi connectivity index (χ4v) is 5.35. The van der Waals surface area contributed by atoms with Gasteiger partial charge < -0.3 is 5.32 Å². The third kappa shape index (κ3) is 3.71. The molecule has 27 heavy (non-hydrogen) atoms. The molecule has 0 fully saturated rings. The largest absolute Gasteiger partial charge is 0.324 e. The summed E-state index contributed by atoms with van der Waals surface area (Å²) < 4.78 is 2.23. The average Bonchev–Trinajstić information content (AvgIpc) is 2.82. The van der Waals surface area contributed by atoms with Gasteiger partial charge in [-0.1, -0.05) is 12.5 Å². The zero-order chi connectivity index (χ0) is 19.0. The summed E-state index contributed by atoms with van der Waals surface area (Å²) in [6, 6.07) is 5.72. The molecule has 0 radical (unpaired) electrons. The molecule has 1 aliphatic carbocycles. The molecule has 0 aliphatic heterocycles. The molecule has 0 atom stereocenters. The third-order valence-corrected chi connectivity index (χ3v) is 6.76. The summed E-state index contributed by atoms with van der Waals surface area (Å²) in [5, 5.41) is 3.57. The Labute approximate surface area is 169 Å². The van der Waals surface area contributed by atoms with Gasteiger partial charge in [-0.2, -0.15) is 0 Å². The molecule has 1 N–H and O–H groups in total. The summed E-state index contributed by atoms with van der Waals surface area (Å²) in [5.74, 6) is -0.246. The van der Waals surface area contributed by atoms with E-state index in [9.17, 15) is 9.59 Å². The van der Waals surface area contributed by atoms with Gasteiger partial charge in [0.05, 0.1) is 17.4 Å². The second-order valence-corrected chi connectivity index (χ2v) is 8.89. The number of hydrogen-bond donors (Lipinski definition) is 1. The molecule has 1 aromatic carbocycles. The lowest BCUT2D eigenvalue weighted by molar-refractivity contribution is -0.116. The number of thiophene rings is 1. The van der Waals surface area contributed by atoms with Crippen molar-refractivity contribution in [2.45, 2.75) is 45.6 Å². The van der Waals surface area contributed by atoms with E-state index in [-0.39, 0.29) is 18.0 Å². The number of aryl methyl sites for hydroxylation is 3. The van der Waals surface area contributed by atoms with Gasteiger partial charge in [0.2, 0.25) is 5.91 Å². The molecule has 140 valence electrons. The smallest absolute Gasteiger partial charge is 0.262 e. The molecule has 0 saturated carbocycles. The number of nitrogens with one attached hydrogen (secondary N) is 1. The van der Waals surface area contributed by atoms with Crippen LogP contribution in [0.15, 0.2) is 33.8 Å². The van der Waals surface area contributed by atoms with Crippen molar-refractivity contribution in [3.63, 3.8) is 0 Å². The molecule has 3 aromatic rings. The highest BCUT2D eigenvalue weighted by Gasteiger charge is 2.19. The average molecular weight is 446 g/mol. The summed E-state index contributed by atoms with van der Waals surface area (Å²) in [4.78, 5) is 32.0. The summed E-state index contributed by atoms with van der Waals surface area (Å²) in [6.07, 6.45) is 6.92. The molecular weight excluding hydrogens is 426 g/mol. The number of amides is 1. The third-order valence-electron chi connectivity index (χ3n) is 4.90. The molecule has 0 saturated heterocycles. The summed E-state index contributed by atoms with van der Waals surface area (Å²) >= 11 is 5.09.